The first-order valence-corrected chi connectivity index (χ1v) is 8.19. The van der Waals surface area contributed by atoms with E-state index in [1.54, 1.807) is 24.0 Å². The van der Waals surface area contributed by atoms with Gasteiger partial charge in [-0.2, -0.15) is 9.61 Å². The summed E-state index contributed by atoms with van der Waals surface area (Å²) in [4.78, 5) is 22.2. The van der Waals surface area contributed by atoms with Crippen LogP contribution in [0.3, 0.4) is 0 Å². The first-order chi connectivity index (χ1) is 10.2. The van der Waals surface area contributed by atoms with Crippen molar-refractivity contribution < 1.29 is 0 Å². The summed E-state index contributed by atoms with van der Waals surface area (Å²) in [5, 5.41) is 5.14. The molecule has 0 unspecified atom stereocenters. The number of nitrogen functional groups attached to an aromatic ring is 1. The highest BCUT2D eigenvalue weighted by Gasteiger charge is 2.08. The van der Waals surface area contributed by atoms with Crippen molar-refractivity contribution >= 4 is 33.9 Å². The number of pyridine rings is 1. The molecule has 0 aliphatic heterocycles. The van der Waals surface area contributed by atoms with E-state index in [-0.39, 0.29) is 5.56 Å². The Balaban J connectivity index is 1.83. The number of nitrogens with two attached hydrogens (primary N) is 1. The summed E-state index contributed by atoms with van der Waals surface area (Å²) in [6, 6.07) is 5.19. The average molecular weight is 319 g/mol. The van der Waals surface area contributed by atoms with Crippen molar-refractivity contribution in [1.82, 2.24) is 19.6 Å². The van der Waals surface area contributed by atoms with Gasteiger partial charge in [-0.05, 0) is 18.6 Å². The van der Waals surface area contributed by atoms with E-state index < -0.39 is 0 Å². The summed E-state index contributed by atoms with van der Waals surface area (Å²) in [7, 11) is 0. The Kier molecular flexibility index (Phi) is 3.89. The maximum absolute atomic E-state index is 12.0. The molecule has 3 heterocycles. The van der Waals surface area contributed by atoms with E-state index in [2.05, 4.69) is 15.1 Å². The molecule has 0 aliphatic carbocycles. The third-order valence-electron chi connectivity index (χ3n) is 2.79. The molecule has 0 saturated heterocycles. The van der Waals surface area contributed by atoms with E-state index in [1.165, 1.54) is 21.9 Å². The van der Waals surface area contributed by atoms with E-state index in [1.807, 2.05) is 13.0 Å². The number of aryl methyl sites for hydroxylation is 1. The molecule has 3 aromatic heterocycles. The number of nitrogens with zero attached hydrogens (tertiary/aromatic N) is 4. The molecule has 3 rings (SSSR count). The van der Waals surface area contributed by atoms with Crippen LogP contribution >= 0.6 is 23.1 Å². The Bertz CT molecular complexity index is 825. The third kappa shape index (κ3) is 3.06. The normalized spacial score (nSPS) is 11.1. The van der Waals surface area contributed by atoms with Gasteiger partial charge in [0.2, 0.25) is 4.96 Å². The summed E-state index contributed by atoms with van der Waals surface area (Å²) in [5.41, 5.74) is 6.16. The molecule has 8 heteroatoms. The van der Waals surface area contributed by atoms with E-state index in [9.17, 15) is 4.79 Å². The highest BCUT2D eigenvalue weighted by Crippen LogP contribution is 2.22. The number of fused-ring (bicyclic) bond motifs is 1. The molecular formula is C13H13N5OS2. The van der Waals surface area contributed by atoms with Gasteiger partial charge in [-0.15, -0.1) is 11.8 Å². The van der Waals surface area contributed by atoms with Gasteiger partial charge in [-0.25, -0.2) is 9.97 Å². The van der Waals surface area contributed by atoms with Gasteiger partial charge in [0.15, 0.2) is 0 Å². The smallest absolute Gasteiger partial charge is 0.275 e. The van der Waals surface area contributed by atoms with E-state index >= 15 is 0 Å². The number of hydrogen-bond donors (Lipinski definition) is 1. The van der Waals surface area contributed by atoms with Gasteiger partial charge < -0.3 is 5.73 Å². The Morgan fingerprint density at radius 1 is 1.43 bits per heavy atom. The van der Waals surface area contributed by atoms with Crippen LogP contribution in [0.15, 0.2) is 34.1 Å². The van der Waals surface area contributed by atoms with Crippen molar-refractivity contribution in [3.63, 3.8) is 0 Å². The Morgan fingerprint density at radius 2 is 2.29 bits per heavy atom. The maximum atomic E-state index is 12.0. The lowest BCUT2D eigenvalue weighted by Gasteiger charge is -2.01. The van der Waals surface area contributed by atoms with Crippen LogP contribution in [0.4, 0.5) is 5.82 Å². The quantitative estimate of drug-likeness (QED) is 0.740. The minimum Gasteiger partial charge on any atom is -0.384 e. The highest BCUT2D eigenvalue weighted by atomic mass is 32.2. The molecular weight excluding hydrogens is 306 g/mol. The van der Waals surface area contributed by atoms with Gasteiger partial charge in [0, 0.05) is 22.9 Å². The Hall–Kier alpha value is -1.93. The molecule has 0 aliphatic rings. The molecule has 0 fully saturated rings. The lowest BCUT2D eigenvalue weighted by atomic mass is 10.4. The number of rotatable bonds is 4. The van der Waals surface area contributed by atoms with E-state index in [0.717, 1.165) is 22.0 Å². The van der Waals surface area contributed by atoms with Crippen LogP contribution in [0.5, 0.6) is 0 Å². The van der Waals surface area contributed by atoms with Gasteiger partial charge in [0.05, 0.1) is 5.69 Å². The zero-order valence-electron chi connectivity index (χ0n) is 11.3. The molecule has 6 nitrogen and oxygen atoms in total. The van der Waals surface area contributed by atoms with Crippen molar-refractivity contribution in [1.29, 1.82) is 0 Å². The van der Waals surface area contributed by atoms with Crippen LogP contribution in [0.1, 0.15) is 17.6 Å². The molecule has 0 radical (unpaired) electrons. The number of thioether (sulfide) groups is 1. The standard InChI is InChI=1S/C13H13N5OS2/c1-2-11-17-18-12(19)5-8(16-13(18)21-11)7-20-9-3-4-10(14)15-6-9/h3-6H,2,7H2,1H3,(H2,14,15). The van der Waals surface area contributed by atoms with Crippen LogP contribution in [-0.4, -0.2) is 19.6 Å². The number of anilines is 1. The van der Waals surface area contributed by atoms with Crippen LogP contribution in [-0.2, 0) is 12.2 Å². The van der Waals surface area contributed by atoms with Gasteiger partial charge in [0.25, 0.3) is 5.56 Å². The van der Waals surface area contributed by atoms with Crippen LogP contribution in [0.25, 0.3) is 4.96 Å². The van der Waals surface area contributed by atoms with Gasteiger partial charge in [-0.3, -0.25) is 4.79 Å². The first kappa shape index (κ1) is 14.0. The fourth-order valence-corrected chi connectivity index (χ4v) is 3.36. The third-order valence-corrected chi connectivity index (χ3v) is 4.86. The summed E-state index contributed by atoms with van der Waals surface area (Å²) in [6.45, 7) is 2.01. The second-order valence-corrected chi connectivity index (χ2v) is 6.43. The van der Waals surface area contributed by atoms with Crippen molar-refractivity contribution in [3.8, 4) is 0 Å². The molecule has 21 heavy (non-hydrogen) atoms. The predicted molar refractivity (Wildman–Crippen MR) is 84.7 cm³/mol. The second-order valence-electron chi connectivity index (χ2n) is 4.34. The summed E-state index contributed by atoms with van der Waals surface area (Å²) in [5.74, 6) is 1.10. The fraction of sp³-hybridized carbons (Fsp3) is 0.231. The molecule has 0 atom stereocenters. The minimum absolute atomic E-state index is 0.137. The summed E-state index contributed by atoms with van der Waals surface area (Å²) in [6.07, 6.45) is 2.52. The molecule has 108 valence electrons. The fourth-order valence-electron chi connectivity index (χ4n) is 1.75. The highest BCUT2D eigenvalue weighted by molar-refractivity contribution is 7.98. The lowest BCUT2D eigenvalue weighted by Crippen LogP contribution is -2.15. The lowest BCUT2D eigenvalue weighted by molar-refractivity contribution is 0.852. The summed E-state index contributed by atoms with van der Waals surface area (Å²) < 4.78 is 1.36. The zero-order chi connectivity index (χ0) is 14.8. The zero-order valence-corrected chi connectivity index (χ0v) is 12.9. The maximum Gasteiger partial charge on any atom is 0.275 e. The molecule has 0 saturated carbocycles. The molecule has 0 amide bonds. The molecule has 2 N–H and O–H groups in total. The van der Waals surface area contributed by atoms with Crippen molar-refractivity contribution in [2.24, 2.45) is 0 Å². The monoisotopic (exact) mass is 319 g/mol. The van der Waals surface area contributed by atoms with Crippen LogP contribution < -0.4 is 11.3 Å². The Labute approximate surface area is 129 Å². The topological polar surface area (TPSA) is 86.2 Å². The molecule has 3 aromatic rings. The van der Waals surface area contributed by atoms with Crippen molar-refractivity contribution in [2.45, 2.75) is 24.0 Å². The molecule has 0 aromatic carbocycles. The largest absolute Gasteiger partial charge is 0.384 e. The van der Waals surface area contributed by atoms with Crippen LogP contribution in [0, 0.1) is 0 Å². The van der Waals surface area contributed by atoms with E-state index in [4.69, 9.17) is 5.73 Å². The minimum atomic E-state index is -0.137. The van der Waals surface area contributed by atoms with Crippen molar-refractivity contribution in [2.75, 3.05) is 5.73 Å². The van der Waals surface area contributed by atoms with Gasteiger partial charge >= 0.3 is 0 Å². The van der Waals surface area contributed by atoms with Gasteiger partial charge in [0.1, 0.15) is 10.8 Å². The van der Waals surface area contributed by atoms with Crippen molar-refractivity contribution in [3.05, 3.63) is 45.5 Å². The SMILES string of the molecule is CCc1nn2c(=O)cc(CSc3ccc(N)nc3)nc2s1. The average Bonchev–Trinajstić information content (AvgIpc) is 2.90. The van der Waals surface area contributed by atoms with E-state index in [0.29, 0.717) is 16.5 Å². The number of hydrogen-bond acceptors (Lipinski definition) is 7. The number of aromatic nitrogens is 4. The predicted octanol–water partition coefficient (Wildman–Crippen LogP) is 1.98. The molecule has 0 bridgehead atoms. The summed E-state index contributed by atoms with van der Waals surface area (Å²) >= 11 is 3.02. The van der Waals surface area contributed by atoms with Gasteiger partial charge in [-0.1, -0.05) is 18.3 Å². The molecule has 0 spiro atoms. The van der Waals surface area contributed by atoms with Crippen LogP contribution in [0.2, 0.25) is 0 Å². The first-order valence-electron chi connectivity index (χ1n) is 6.38. The second kappa shape index (κ2) is 5.82. The Morgan fingerprint density at radius 3 is 3.00 bits per heavy atom.